The molecule has 2 fully saturated rings. The minimum absolute atomic E-state index is 0.0512. The lowest BCUT2D eigenvalue weighted by Gasteiger charge is -2.42. The Labute approximate surface area is 94.6 Å². The Bertz CT molecular complexity index is 312. The van der Waals surface area contributed by atoms with Crippen molar-refractivity contribution < 1.29 is 14.7 Å². The molecule has 5 heteroatoms. The van der Waals surface area contributed by atoms with Gasteiger partial charge in [0.15, 0.2) is 0 Å². The predicted octanol–water partition coefficient (Wildman–Crippen LogP) is 0.191. The molecular formula is C11H18N2O3. The molecule has 0 radical (unpaired) electrons. The number of rotatable bonds is 2. The third-order valence-corrected chi connectivity index (χ3v) is 3.73. The summed E-state index contributed by atoms with van der Waals surface area (Å²) in [5.41, 5.74) is 5.27. The molecular weight excluding hydrogens is 208 g/mol. The smallest absolute Gasteiger partial charge is 0.308 e. The molecule has 3 N–H and O–H groups in total. The van der Waals surface area contributed by atoms with Crippen LogP contribution in [0.2, 0.25) is 0 Å². The number of carbonyl (C=O) groups is 2. The van der Waals surface area contributed by atoms with E-state index in [-0.39, 0.29) is 5.91 Å². The van der Waals surface area contributed by atoms with E-state index in [1.807, 2.05) is 0 Å². The number of aliphatic carboxylic acids is 1. The maximum Gasteiger partial charge on any atom is 0.308 e. The van der Waals surface area contributed by atoms with Gasteiger partial charge in [-0.2, -0.15) is 0 Å². The fourth-order valence-corrected chi connectivity index (χ4v) is 2.45. The van der Waals surface area contributed by atoms with Gasteiger partial charge in [-0.15, -0.1) is 0 Å². The van der Waals surface area contributed by atoms with E-state index < -0.39 is 17.4 Å². The molecule has 1 atom stereocenters. The van der Waals surface area contributed by atoms with Crippen molar-refractivity contribution in [1.82, 2.24) is 4.90 Å². The summed E-state index contributed by atoms with van der Waals surface area (Å²) < 4.78 is 0. The molecule has 0 aromatic heterocycles. The van der Waals surface area contributed by atoms with Crippen LogP contribution in [-0.4, -0.2) is 40.5 Å². The fourth-order valence-electron chi connectivity index (χ4n) is 2.45. The molecule has 1 saturated carbocycles. The number of carboxylic acids is 1. The van der Waals surface area contributed by atoms with Gasteiger partial charge in [-0.3, -0.25) is 9.59 Å². The Morgan fingerprint density at radius 1 is 1.31 bits per heavy atom. The lowest BCUT2D eigenvalue weighted by molar-refractivity contribution is -0.148. The highest BCUT2D eigenvalue weighted by molar-refractivity contribution is 5.87. The van der Waals surface area contributed by atoms with Crippen LogP contribution < -0.4 is 5.73 Å². The summed E-state index contributed by atoms with van der Waals surface area (Å²) in [7, 11) is 0. The first kappa shape index (κ1) is 11.4. The Kier molecular flexibility index (Phi) is 2.88. The number of piperidine rings is 1. The highest BCUT2D eigenvalue weighted by Crippen LogP contribution is 2.32. The van der Waals surface area contributed by atoms with Crippen LogP contribution in [0.15, 0.2) is 0 Å². The van der Waals surface area contributed by atoms with Crippen LogP contribution in [0.5, 0.6) is 0 Å². The van der Waals surface area contributed by atoms with Crippen molar-refractivity contribution in [1.29, 1.82) is 0 Å². The summed E-state index contributed by atoms with van der Waals surface area (Å²) in [6.07, 6.45) is 3.90. The minimum atomic E-state index is -0.808. The van der Waals surface area contributed by atoms with Crippen LogP contribution >= 0.6 is 0 Å². The standard InChI is InChI=1S/C11H18N2O3/c12-11(4-2-5-11)10(16)13-6-1-3-8(7-13)9(14)15/h8H,1-7,12H2,(H,14,15)/t8-/m0/s1. The summed E-state index contributed by atoms with van der Waals surface area (Å²) in [6, 6.07) is 0. The number of hydrogen-bond donors (Lipinski definition) is 2. The average Bonchev–Trinajstić information content (AvgIpc) is 2.25. The van der Waals surface area contributed by atoms with E-state index in [0.29, 0.717) is 19.5 Å². The van der Waals surface area contributed by atoms with Crippen molar-refractivity contribution in [3.63, 3.8) is 0 Å². The van der Waals surface area contributed by atoms with Gasteiger partial charge in [0.1, 0.15) is 0 Å². The number of hydrogen-bond acceptors (Lipinski definition) is 3. The lowest BCUT2D eigenvalue weighted by Crippen LogP contribution is -2.61. The third kappa shape index (κ3) is 1.91. The molecule has 0 aromatic rings. The van der Waals surface area contributed by atoms with E-state index in [4.69, 9.17) is 10.8 Å². The van der Waals surface area contributed by atoms with Gasteiger partial charge in [0.05, 0.1) is 11.5 Å². The fraction of sp³-hybridized carbons (Fsp3) is 0.818. The molecule has 2 rings (SSSR count). The van der Waals surface area contributed by atoms with E-state index in [9.17, 15) is 9.59 Å². The molecule has 5 nitrogen and oxygen atoms in total. The van der Waals surface area contributed by atoms with Crippen LogP contribution in [0.3, 0.4) is 0 Å². The first-order valence-corrected chi connectivity index (χ1v) is 5.84. The number of carboxylic acid groups (broad SMARTS) is 1. The van der Waals surface area contributed by atoms with Crippen molar-refractivity contribution in [2.45, 2.75) is 37.6 Å². The predicted molar refractivity (Wildman–Crippen MR) is 57.7 cm³/mol. The zero-order chi connectivity index (χ0) is 11.8. The van der Waals surface area contributed by atoms with Crippen molar-refractivity contribution >= 4 is 11.9 Å². The summed E-state index contributed by atoms with van der Waals surface area (Å²) in [5, 5.41) is 8.94. The molecule has 0 spiro atoms. The SMILES string of the molecule is NC1(C(=O)N2CCC[C@H](C(=O)O)C2)CCC1. The molecule has 1 amide bonds. The normalized spacial score (nSPS) is 28.3. The first-order valence-electron chi connectivity index (χ1n) is 5.84. The van der Waals surface area contributed by atoms with Crippen LogP contribution in [0.1, 0.15) is 32.1 Å². The van der Waals surface area contributed by atoms with Gasteiger partial charge in [-0.1, -0.05) is 0 Å². The molecule has 1 heterocycles. The summed E-state index contributed by atoms with van der Waals surface area (Å²) in [5.74, 6) is -1.27. The molecule has 16 heavy (non-hydrogen) atoms. The zero-order valence-corrected chi connectivity index (χ0v) is 9.32. The molecule has 1 aliphatic heterocycles. The van der Waals surface area contributed by atoms with E-state index >= 15 is 0 Å². The minimum Gasteiger partial charge on any atom is -0.481 e. The Morgan fingerprint density at radius 2 is 2.00 bits per heavy atom. The Morgan fingerprint density at radius 3 is 2.50 bits per heavy atom. The maximum atomic E-state index is 12.1. The summed E-state index contributed by atoms with van der Waals surface area (Å²) >= 11 is 0. The van der Waals surface area contributed by atoms with Gasteiger partial charge in [0.2, 0.25) is 5.91 Å². The van der Waals surface area contributed by atoms with Gasteiger partial charge < -0.3 is 15.7 Å². The summed E-state index contributed by atoms with van der Waals surface area (Å²) in [6.45, 7) is 0.981. The molecule has 0 bridgehead atoms. The number of amides is 1. The highest BCUT2D eigenvalue weighted by Gasteiger charge is 2.44. The quantitative estimate of drug-likeness (QED) is 0.704. The van der Waals surface area contributed by atoms with E-state index in [1.54, 1.807) is 4.90 Å². The topological polar surface area (TPSA) is 83.6 Å². The van der Waals surface area contributed by atoms with Gasteiger partial charge >= 0.3 is 5.97 Å². The largest absolute Gasteiger partial charge is 0.481 e. The number of likely N-dealkylation sites (tertiary alicyclic amines) is 1. The Hall–Kier alpha value is -1.10. The molecule has 1 saturated heterocycles. The molecule has 0 aromatic carbocycles. The van der Waals surface area contributed by atoms with Crippen molar-refractivity contribution in [2.75, 3.05) is 13.1 Å². The second kappa shape index (κ2) is 4.05. The number of nitrogens with two attached hydrogens (primary N) is 1. The van der Waals surface area contributed by atoms with E-state index in [0.717, 1.165) is 25.7 Å². The second-order valence-corrected chi connectivity index (χ2v) is 4.94. The van der Waals surface area contributed by atoms with Gasteiger partial charge in [0.25, 0.3) is 0 Å². The lowest BCUT2D eigenvalue weighted by atomic mass is 9.76. The van der Waals surface area contributed by atoms with Crippen LogP contribution in [0.25, 0.3) is 0 Å². The molecule has 90 valence electrons. The van der Waals surface area contributed by atoms with Gasteiger partial charge in [0, 0.05) is 13.1 Å². The second-order valence-electron chi connectivity index (χ2n) is 4.94. The summed E-state index contributed by atoms with van der Waals surface area (Å²) in [4.78, 5) is 24.6. The number of carbonyl (C=O) groups excluding carboxylic acids is 1. The van der Waals surface area contributed by atoms with E-state index in [1.165, 1.54) is 0 Å². The molecule has 2 aliphatic rings. The maximum absolute atomic E-state index is 12.1. The number of nitrogens with zero attached hydrogens (tertiary/aromatic N) is 1. The first-order chi connectivity index (χ1) is 7.53. The monoisotopic (exact) mass is 226 g/mol. The van der Waals surface area contributed by atoms with Crippen molar-refractivity contribution in [3.05, 3.63) is 0 Å². The molecule has 0 unspecified atom stereocenters. The molecule has 1 aliphatic carbocycles. The van der Waals surface area contributed by atoms with Gasteiger partial charge in [-0.05, 0) is 32.1 Å². The van der Waals surface area contributed by atoms with Crippen LogP contribution in [-0.2, 0) is 9.59 Å². The van der Waals surface area contributed by atoms with Crippen molar-refractivity contribution in [3.8, 4) is 0 Å². The van der Waals surface area contributed by atoms with E-state index in [2.05, 4.69) is 0 Å². The van der Waals surface area contributed by atoms with Crippen molar-refractivity contribution in [2.24, 2.45) is 11.7 Å². The Balaban J connectivity index is 1.99. The zero-order valence-electron chi connectivity index (χ0n) is 9.32. The third-order valence-electron chi connectivity index (χ3n) is 3.73. The average molecular weight is 226 g/mol. The highest BCUT2D eigenvalue weighted by atomic mass is 16.4. The van der Waals surface area contributed by atoms with Crippen LogP contribution in [0.4, 0.5) is 0 Å². The van der Waals surface area contributed by atoms with Crippen LogP contribution in [0, 0.1) is 5.92 Å². The van der Waals surface area contributed by atoms with Gasteiger partial charge in [-0.25, -0.2) is 0 Å².